The highest BCUT2D eigenvalue weighted by atomic mass is 16.4. The molecule has 1 saturated heterocycles. The average molecular weight is 572 g/mol. The molecule has 0 saturated carbocycles. The van der Waals surface area contributed by atoms with Crippen LogP contribution in [-0.2, 0) is 4.79 Å². The van der Waals surface area contributed by atoms with Crippen LogP contribution in [0.5, 0.6) is 0 Å². The Balaban J connectivity index is 1.56. The van der Waals surface area contributed by atoms with Crippen LogP contribution in [0.25, 0.3) is 0 Å². The van der Waals surface area contributed by atoms with Gasteiger partial charge in [0.2, 0.25) is 0 Å². The van der Waals surface area contributed by atoms with E-state index in [1.165, 1.54) is 0 Å². The summed E-state index contributed by atoms with van der Waals surface area (Å²) >= 11 is 0. The topological polar surface area (TPSA) is 131 Å². The first kappa shape index (κ1) is 30.1. The molecule has 0 radical (unpaired) electrons. The summed E-state index contributed by atoms with van der Waals surface area (Å²) in [5.74, 6) is -1.51. The molecule has 4 rings (SSSR count). The van der Waals surface area contributed by atoms with Gasteiger partial charge in [0.15, 0.2) is 0 Å². The minimum absolute atomic E-state index is 0.0189. The third kappa shape index (κ3) is 7.87. The average Bonchev–Trinajstić information content (AvgIpc) is 3.23. The molecule has 0 aliphatic carbocycles. The van der Waals surface area contributed by atoms with Crippen LogP contribution < -0.4 is 20.9 Å². The van der Waals surface area contributed by atoms with Crippen molar-refractivity contribution in [2.75, 3.05) is 42.9 Å². The van der Waals surface area contributed by atoms with Gasteiger partial charge in [0.25, 0.3) is 11.8 Å². The zero-order valence-corrected chi connectivity index (χ0v) is 23.9. The summed E-state index contributed by atoms with van der Waals surface area (Å²) in [6.07, 6.45) is 0.456. The van der Waals surface area contributed by atoms with E-state index in [9.17, 15) is 24.3 Å². The van der Waals surface area contributed by atoms with Crippen LogP contribution in [0.1, 0.15) is 57.7 Å². The Morgan fingerprint density at radius 1 is 0.881 bits per heavy atom. The molecule has 220 valence electrons. The first-order valence-corrected chi connectivity index (χ1v) is 14.1. The second-order valence-corrected chi connectivity index (χ2v) is 10.2. The summed E-state index contributed by atoms with van der Waals surface area (Å²) in [6, 6.07) is 20.5. The molecule has 10 nitrogen and oxygen atoms in total. The van der Waals surface area contributed by atoms with Crippen LogP contribution in [0.3, 0.4) is 0 Å². The molecule has 0 aromatic heterocycles. The van der Waals surface area contributed by atoms with Crippen LogP contribution in [0.15, 0.2) is 72.8 Å². The van der Waals surface area contributed by atoms with Crippen molar-refractivity contribution in [1.82, 2.24) is 15.5 Å². The molecule has 0 bridgehead atoms. The molecule has 1 unspecified atom stereocenters. The Labute approximate surface area is 245 Å². The Morgan fingerprint density at radius 3 is 2.31 bits per heavy atom. The third-order valence-electron chi connectivity index (χ3n) is 7.15. The lowest BCUT2D eigenvalue weighted by molar-refractivity contribution is -0.137. The number of rotatable bonds is 9. The molecular formula is C32H37N5O5. The number of hydrogen-bond donors (Lipinski definition) is 4. The SMILES string of the molecule is CCNC(=O)Nc1cc(C(=O)NC(CC(=O)O)c2ccc(C)cc2)ccc1N1CCCN(C(=O)c2ccccc2)CC1. The van der Waals surface area contributed by atoms with E-state index >= 15 is 0 Å². The zero-order chi connectivity index (χ0) is 30.1. The maximum absolute atomic E-state index is 13.3. The minimum atomic E-state index is -1.03. The highest BCUT2D eigenvalue weighted by Gasteiger charge is 2.24. The maximum Gasteiger partial charge on any atom is 0.319 e. The smallest absolute Gasteiger partial charge is 0.319 e. The van der Waals surface area contributed by atoms with E-state index in [1.54, 1.807) is 30.3 Å². The number of nitrogens with zero attached hydrogens (tertiary/aromatic N) is 2. The summed E-state index contributed by atoms with van der Waals surface area (Å²) in [6.45, 7) is 6.48. The summed E-state index contributed by atoms with van der Waals surface area (Å²) in [7, 11) is 0. The normalized spacial score (nSPS) is 14.0. The van der Waals surface area contributed by atoms with E-state index in [-0.39, 0.29) is 17.9 Å². The molecule has 42 heavy (non-hydrogen) atoms. The molecule has 1 atom stereocenters. The van der Waals surface area contributed by atoms with Crippen molar-refractivity contribution in [3.8, 4) is 0 Å². The van der Waals surface area contributed by atoms with E-state index < -0.39 is 23.9 Å². The lowest BCUT2D eigenvalue weighted by atomic mass is 10.0. The molecule has 0 spiro atoms. The van der Waals surface area contributed by atoms with E-state index in [2.05, 4.69) is 20.9 Å². The molecule has 1 heterocycles. The molecule has 1 aliphatic rings. The fourth-order valence-corrected chi connectivity index (χ4v) is 4.97. The minimum Gasteiger partial charge on any atom is -0.481 e. The first-order valence-electron chi connectivity index (χ1n) is 14.1. The molecule has 4 N–H and O–H groups in total. The third-order valence-corrected chi connectivity index (χ3v) is 7.15. The van der Waals surface area contributed by atoms with Gasteiger partial charge in [-0.25, -0.2) is 4.79 Å². The molecule has 3 aromatic rings. The number of carboxylic acids is 1. The zero-order valence-electron chi connectivity index (χ0n) is 23.9. The van der Waals surface area contributed by atoms with Gasteiger partial charge < -0.3 is 30.9 Å². The van der Waals surface area contributed by atoms with Crippen molar-refractivity contribution in [2.24, 2.45) is 0 Å². The van der Waals surface area contributed by atoms with Crippen LogP contribution in [-0.4, -0.2) is 66.5 Å². The van der Waals surface area contributed by atoms with Crippen molar-refractivity contribution < 1.29 is 24.3 Å². The van der Waals surface area contributed by atoms with E-state index in [0.717, 1.165) is 17.7 Å². The lowest BCUT2D eigenvalue weighted by Gasteiger charge is -2.27. The van der Waals surface area contributed by atoms with Gasteiger partial charge >= 0.3 is 12.0 Å². The van der Waals surface area contributed by atoms with Crippen molar-refractivity contribution in [1.29, 1.82) is 0 Å². The van der Waals surface area contributed by atoms with Gasteiger partial charge in [0.1, 0.15) is 0 Å². The molecule has 4 amide bonds. The quantitative estimate of drug-likeness (QED) is 0.301. The first-order chi connectivity index (χ1) is 20.2. The summed E-state index contributed by atoms with van der Waals surface area (Å²) in [4.78, 5) is 54.4. The molecule has 1 aliphatic heterocycles. The Morgan fingerprint density at radius 2 is 1.62 bits per heavy atom. The second-order valence-electron chi connectivity index (χ2n) is 10.2. The van der Waals surface area contributed by atoms with E-state index in [4.69, 9.17) is 0 Å². The number of aryl methyl sites for hydroxylation is 1. The van der Waals surface area contributed by atoms with Gasteiger partial charge in [-0.3, -0.25) is 14.4 Å². The highest BCUT2D eigenvalue weighted by molar-refractivity contribution is 6.00. The Bertz CT molecular complexity index is 1410. The van der Waals surface area contributed by atoms with Crippen LogP contribution >= 0.6 is 0 Å². The molecule has 1 fully saturated rings. The van der Waals surface area contributed by atoms with Crippen LogP contribution in [0.4, 0.5) is 16.2 Å². The predicted octanol–water partition coefficient (Wildman–Crippen LogP) is 4.43. The Hall–Kier alpha value is -4.86. The predicted molar refractivity (Wildman–Crippen MR) is 162 cm³/mol. The number of carbonyl (C=O) groups excluding carboxylic acids is 3. The molecule has 10 heteroatoms. The van der Waals surface area contributed by atoms with Crippen molar-refractivity contribution in [3.63, 3.8) is 0 Å². The Kier molecular flexibility index (Phi) is 10.1. The van der Waals surface area contributed by atoms with Crippen molar-refractivity contribution in [2.45, 2.75) is 32.7 Å². The van der Waals surface area contributed by atoms with E-state index in [0.29, 0.717) is 49.5 Å². The summed E-state index contributed by atoms with van der Waals surface area (Å²) < 4.78 is 0. The van der Waals surface area contributed by atoms with Crippen LogP contribution in [0, 0.1) is 6.92 Å². The number of carboxylic acid groups (broad SMARTS) is 1. The number of hydrogen-bond acceptors (Lipinski definition) is 5. The number of nitrogens with one attached hydrogen (secondary N) is 3. The van der Waals surface area contributed by atoms with Gasteiger partial charge in [0.05, 0.1) is 23.8 Å². The molecule has 3 aromatic carbocycles. The van der Waals surface area contributed by atoms with Crippen molar-refractivity contribution in [3.05, 3.63) is 95.1 Å². The number of aliphatic carboxylic acids is 1. The number of benzene rings is 3. The van der Waals surface area contributed by atoms with Gasteiger partial charge in [0, 0.05) is 43.9 Å². The van der Waals surface area contributed by atoms with Gasteiger partial charge in [-0.05, 0) is 56.2 Å². The summed E-state index contributed by atoms with van der Waals surface area (Å²) in [5, 5.41) is 17.9. The van der Waals surface area contributed by atoms with E-state index in [1.807, 2.05) is 61.2 Å². The maximum atomic E-state index is 13.3. The van der Waals surface area contributed by atoms with Gasteiger partial charge in [-0.1, -0.05) is 48.0 Å². The van der Waals surface area contributed by atoms with Crippen LogP contribution in [0.2, 0.25) is 0 Å². The number of urea groups is 1. The number of anilines is 2. The molecular weight excluding hydrogens is 534 g/mol. The highest BCUT2D eigenvalue weighted by Crippen LogP contribution is 2.29. The number of amides is 4. The van der Waals surface area contributed by atoms with Gasteiger partial charge in [-0.15, -0.1) is 0 Å². The van der Waals surface area contributed by atoms with Crippen molar-refractivity contribution >= 4 is 35.2 Å². The second kappa shape index (κ2) is 14.2. The summed E-state index contributed by atoms with van der Waals surface area (Å²) in [5.41, 5.74) is 3.81. The lowest BCUT2D eigenvalue weighted by Crippen LogP contribution is -2.36. The largest absolute Gasteiger partial charge is 0.481 e. The number of carbonyl (C=O) groups is 4. The fraction of sp³-hybridized carbons (Fsp3) is 0.312. The monoisotopic (exact) mass is 571 g/mol. The van der Waals surface area contributed by atoms with Gasteiger partial charge in [-0.2, -0.15) is 0 Å². The fourth-order valence-electron chi connectivity index (χ4n) is 4.97. The standard InChI is InChI=1S/C32H37N5O5/c1-3-33-32(42)35-27-20-25(30(40)34-26(21-29(38)39)23-12-10-22(2)11-13-23)14-15-28(27)36-16-7-17-37(19-18-36)31(41)24-8-5-4-6-9-24/h4-6,8-15,20,26H,3,7,16-19,21H2,1-2H3,(H,34,40)(H,38,39)(H2,33,35,42).